The van der Waals surface area contributed by atoms with E-state index in [1.807, 2.05) is 11.2 Å². The molecule has 1 aromatic carbocycles. The van der Waals surface area contributed by atoms with Gasteiger partial charge in [0, 0.05) is 25.3 Å². The number of likely N-dealkylation sites (tertiary alicyclic amines) is 1. The van der Waals surface area contributed by atoms with Crippen molar-refractivity contribution < 1.29 is 4.79 Å². The van der Waals surface area contributed by atoms with E-state index < -0.39 is 0 Å². The molecule has 0 spiro atoms. The summed E-state index contributed by atoms with van der Waals surface area (Å²) in [5, 5.41) is 8.67. The zero-order valence-electron chi connectivity index (χ0n) is 16.8. The fourth-order valence-electron chi connectivity index (χ4n) is 4.49. The topological polar surface area (TPSA) is 62.9 Å². The van der Waals surface area contributed by atoms with Crippen molar-refractivity contribution in [3.05, 3.63) is 40.6 Å². The van der Waals surface area contributed by atoms with Crippen LogP contribution in [0.1, 0.15) is 23.1 Å². The Morgan fingerprint density at radius 1 is 1.15 bits per heavy atom. The van der Waals surface area contributed by atoms with E-state index in [1.54, 1.807) is 0 Å². The molecule has 3 N–H and O–H groups in total. The largest absolute Gasteiger partial charge is 0.324 e. The SMILES string of the molecule is Cc1cc(C)c(N2C=C3C(=O)NC(N4CCC(N(C)C)C4)NC3N2)c(C)c1. The van der Waals surface area contributed by atoms with Crippen molar-refractivity contribution in [3.63, 3.8) is 0 Å². The van der Waals surface area contributed by atoms with Gasteiger partial charge in [-0.2, -0.15) is 0 Å². The van der Waals surface area contributed by atoms with Crippen molar-refractivity contribution in [1.82, 2.24) is 25.9 Å². The molecule has 27 heavy (non-hydrogen) atoms. The Hall–Kier alpha value is -1.93. The molecule has 0 radical (unpaired) electrons. The van der Waals surface area contributed by atoms with Crippen molar-refractivity contribution in [3.8, 4) is 0 Å². The molecule has 2 saturated heterocycles. The first-order chi connectivity index (χ1) is 12.8. The number of aryl methyl sites for hydroxylation is 3. The Bertz CT molecular complexity index is 766. The summed E-state index contributed by atoms with van der Waals surface area (Å²) < 4.78 is 0. The quantitative estimate of drug-likeness (QED) is 0.731. The second kappa shape index (κ2) is 6.91. The Balaban J connectivity index is 1.51. The average Bonchev–Trinajstić information content (AvgIpc) is 3.20. The van der Waals surface area contributed by atoms with Crippen LogP contribution in [0, 0.1) is 20.8 Å². The van der Waals surface area contributed by atoms with E-state index in [0.29, 0.717) is 6.04 Å². The van der Waals surface area contributed by atoms with Gasteiger partial charge in [0.05, 0.1) is 11.3 Å². The number of carbonyl (C=O) groups is 1. The molecule has 146 valence electrons. The molecule has 0 aromatic heterocycles. The van der Waals surface area contributed by atoms with Gasteiger partial charge in [0.15, 0.2) is 0 Å². The van der Waals surface area contributed by atoms with Crippen molar-refractivity contribution in [2.45, 2.75) is 45.7 Å². The van der Waals surface area contributed by atoms with Crippen LogP contribution in [0.25, 0.3) is 0 Å². The number of nitrogens with zero attached hydrogens (tertiary/aromatic N) is 3. The number of hydrogen-bond acceptors (Lipinski definition) is 6. The molecular formula is C20H30N6O. The van der Waals surface area contributed by atoms with Crippen LogP contribution in [0.2, 0.25) is 0 Å². The van der Waals surface area contributed by atoms with Crippen molar-refractivity contribution in [2.75, 3.05) is 32.2 Å². The average molecular weight is 371 g/mol. The number of amides is 1. The van der Waals surface area contributed by atoms with Gasteiger partial charge in [-0.05, 0) is 52.4 Å². The van der Waals surface area contributed by atoms with Gasteiger partial charge >= 0.3 is 0 Å². The van der Waals surface area contributed by atoms with E-state index in [2.05, 4.69) is 72.9 Å². The first-order valence-corrected chi connectivity index (χ1v) is 9.66. The first kappa shape index (κ1) is 18.4. The number of rotatable bonds is 3. The normalized spacial score (nSPS) is 28.5. The fraction of sp³-hybridized carbons (Fsp3) is 0.550. The summed E-state index contributed by atoms with van der Waals surface area (Å²) in [6, 6.07) is 4.88. The minimum absolute atomic E-state index is 0.00512. The molecule has 7 nitrogen and oxygen atoms in total. The maximum atomic E-state index is 12.7. The standard InChI is InChI=1S/C20H30N6O/c1-12-8-13(2)17(14(3)9-12)26-11-16-18(23-26)21-20(22-19(16)27)25-7-6-15(10-25)24(4)5/h8-9,11,15,18,20-21,23H,6-7,10H2,1-5H3,(H,22,27). The lowest BCUT2D eigenvalue weighted by Crippen LogP contribution is -2.66. The fourth-order valence-corrected chi connectivity index (χ4v) is 4.49. The molecule has 3 unspecified atom stereocenters. The third-order valence-corrected chi connectivity index (χ3v) is 5.87. The highest BCUT2D eigenvalue weighted by molar-refractivity contribution is 5.97. The lowest BCUT2D eigenvalue weighted by molar-refractivity contribution is -0.122. The molecule has 1 amide bonds. The van der Waals surface area contributed by atoms with Crippen molar-refractivity contribution >= 4 is 11.6 Å². The molecule has 3 aliphatic rings. The van der Waals surface area contributed by atoms with Gasteiger partial charge < -0.3 is 10.2 Å². The second-order valence-electron chi connectivity index (χ2n) is 8.21. The van der Waals surface area contributed by atoms with Crippen LogP contribution in [0.15, 0.2) is 23.9 Å². The summed E-state index contributed by atoms with van der Waals surface area (Å²) in [5.41, 5.74) is 8.94. The Kier molecular flexibility index (Phi) is 4.71. The van der Waals surface area contributed by atoms with Crippen LogP contribution in [-0.4, -0.2) is 61.4 Å². The van der Waals surface area contributed by atoms with Gasteiger partial charge in [-0.25, -0.2) is 5.43 Å². The van der Waals surface area contributed by atoms with Gasteiger partial charge in [-0.1, -0.05) is 17.7 Å². The van der Waals surface area contributed by atoms with Crippen LogP contribution in [-0.2, 0) is 4.79 Å². The molecule has 7 heteroatoms. The highest BCUT2D eigenvalue weighted by Crippen LogP contribution is 2.29. The maximum Gasteiger partial charge on any atom is 0.254 e. The molecule has 0 bridgehead atoms. The zero-order valence-corrected chi connectivity index (χ0v) is 16.8. The summed E-state index contributed by atoms with van der Waals surface area (Å²) in [4.78, 5) is 17.3. The summed E-state index contributed by atoms with van der Waals surface area (Å²) in [7, 11) is 4.23. The van der Waals surface area contributed by atoms with Crippen molar-refractivity contribution in [2.24, 2.45) is 0 Å². The lowest BCUT2D eigenvalue weighted by atomic mass is 10.0. The van der Waals surface area contributed by atoms with Crippen LogP contribution in [0.5, 0.6) is 0 Å². The maximum absolute atomic E-state index is 12.7. The number of likely N-dealkylation sites (N-methyl/N-ethyl adjacent to an activating group) is 1. The summed E-state index contributed by atoms with van der Waals surface area (Å²) >= 11 is 0. The smallest absolute Gasteiger partial charge is 0.254 e. The number of carbonyl (C=O) groups excluding carboxylic acids is 1. The number of benzene rings is 1. The first-order valence-electron chi connectivity index (χ1n) is 9.66. The van der Waals surface area contributed by atoms with Crippen molar-refractivity contribution in [1.29, 1.82) is 0 Å². The molecular weight excluding hydrogens is 340 g/mol. The molecule has 2 fully saturated rings. The van der Waals surface area contributed by atoms with Gasteiger partial charge in [0.2, 0.25) is 0 Å². The molecule has 0 saturated carbocycles. The molecule has 0 aliphatic carbocycles. The Morgan fingerprint density at radius 2 is 1.85 bits per heavy atom. The zero-order chi connectivity index (χ0) is 19.3. The molecule has 4 rings (SSSR count). The number of anilines is 1. The Morgan fingerprint density at radius 3 is 2.48 bits per heavy atom. The lowest BCUT2D eigenvalue weighted by Gasteiger charge is -2.37. The van der Waals surface area contributed by atoms with E-state index in [4.69, 9.17) is 0 Å². The second-order valence-corrected chi connectivity index (χ2v) is 8.21. The number of nitrogens with one attached hydrogen (secondary N) is 3. The van der Waals surface area contributed by atoms with E-state index in [1.165, 1.54) is 16.7 Å². The predicted octanol–water partition coefficient (Wildman–Crippen LogP) is 0.785. The van der Waals surface area contributed by atoms with Crippen LogP contribution in [0.3, 0.4) is 0 Å². The van der Waals surface area contributed by atoms with Crippen LogP contribution < -0.4 is 21.1 Å². The summed E-state index contributed by atoms with van der Waals surface area (Å²) in [6.07, 6.45) is 2.72. The Labute approximate surface area is 161 Å². The number of hydrazine groups is 1. The highest BCUT2D eigenvalue weighted by atomic mass is 16.2. The summed E-state index contributed by atoms with van der Waals surface area (Å²) in [6.45, 7) is 8.26. The van der Waals surface area contributed by atoms with Gasteiger partial charge in [-0.3, -0.25) is 20.0 Å². The molecule has 3 atom stereocenters. The molecule has 3 heterocycles. The monoisotopic (exact) mass is 370 g/mol. The van der Waals surface area contributed by atoms with E-state index >= 15 is 0 Å². The van der Waals surface area contributed by atoms with Crippen LogP contribution in [0.4, 0.5) is 5.69 Å². The minimum Gasteiger partial charge on any atom is -0.324 e. The molecule has 1 aromatic rings. The highest BCUT2D eigenvalue weighted by Gasteiger charge is 2.40. The van der Waals surface area contributed by atoms with Gasteiger partial charge in [0.1, 0.15) is 12.5 Å². The van der Waals surface area contributed by atoms with Gasteiger partial charge in [-0.15, -0.1) is 0 Å². The van der Waals surface area contributed by atoms with Crippen LogP contribution >= 0.6 is 0 Å². The third kappa shape index (κ3) is 3.36. The predicted molar refractivity (Wildman–Crippen MR) is 107 cm³/mol. The van der Waals surface area contributed by atoms with E-state index in [0.717, 1.165) is 30.8 Å². The van der Waals surface area contributed by atoms with E-state index in [9.17, 15) is 4.79 Å². The third-order valence-electron chi connectivity index (χ3n) is 5.87. The minimum atomic E-state index is -0.178. The number of fused-ring (bicyclic) bond motifs is 1. The van der Waals surface area contributed by atoms with Gasteiger partial charge in [0.25, 0.3) is 5.91 Å². The molecule has 3 aliphatic heterocycles. The number of hydrogen-bond donors (Lipinski definition) is 3. The summed E-state index contributed by atoms with van der Waals surface area (Å²) in [5.74, 6) is -0.00512. The van der Waals surface area contributed by atoms with E-state index in [-0.39, 0.29) is 18.4 Å².